The second-order valence-corrected chi connectivity index (χ2v) is 6.47. The first-order valence-corrected chi connectivity index (χ1v) is 8.60. The van der Waals surface area contributed by atoms with Gasteiger partial charge in [0.2, 0.25) is 0 Å². The Kier molecular flexibility index (Phi) is 7.50. The molecule has 0 atom stereocenters. The summed E-state index contributed by atoms with van der Waals surface area (Å²) < 4.78 is 5.91. The van der Waals surface area contributed by atoms with E-state index in [1.807, 2.05) is 6.07 Å². The third-order valence-corrected chi connectivity index (χ3v) is 5.31. The number of hydrogen-bond acceptors (Lipinski definition) is 1. The molecule has 18 heavy (non-hydrogen) atoms. The van der Waals surface area contributed by atoms with Gasteiger partial charge in [-0.15, -0.1) is 0 Å². The lowest BCUT2D eigenvalue weighted by molar-refractivity contribution is 0.0471. The van der Waals surface area contributed by atoms with Crippen molar-refractivity contribution in [1.82, 2.24) is 0 Å². The molecule has 0 unspecified atom stereocenters. The summed E-state index contributed by atoms with van der Waals surface area (Å²) in [5.74, 6) is 0.681. The molecule has 0 bridgehead atoms. The molecule has 1 rings (SSSR count). The zero-order chi connectivity index (χ0) is 13.4. The van der Waals surface area contributed by atoms with E-state index in [4.69, 9.17) is 4.74 Å². The van der Waals surface area contributed by atoms with E-state index in [1.54, 1.807) is 0 Å². The Morgan fingerprint density at radius 3 is 2.22 bits per heavy atom. The molecule has 0 aromatic heterocycles. The van der Waals surface area contributed by atoms with Crippen LogP contribution in [0, 0.1) is 11.3 Å². The first-order valence-electron chi connectivity index (χ1n) is 6.35. The standard InChI is InChI=1S/C15H22Br2O/c1-13(2)8-15(10-16,11-17)12-18-9-14-6-4-3-5-7-14/h3-7,13H,8-12H2,1-2H3. The lowest BCUT2D eigenvalue weighted by atomic mass is 9.85. The number of hydrogen-bond donors (Lipinski definition) is 0. The average Bonchev–Trinajstić information content (AvgIpc) is 2.38. The molecule has 0 aliphatic heterocycles. The number of ether oxygens (including phenoxy) is 1. The predicted octanol–water partition coefficient (Wildman–Crippen LogP) is 5.03. The molecule has 0 aliphatic carbocycles. The molecule has 3 heteroatoms. The molecule has 1 aromatic carbocycles. The summed E-state index contributed by atoms with van der Waals surface area (Å²) in [6, 6.07) is 10.3. The zero-order valence-electron chi connectivity index (χ0n) is 11.2. The van der Waals surface area contributed by atoms with E-state index in [0.717, 1.165) is 23.7 Å². The van der Waals surface area contributed by atoms with Gasteiger partial charge in [0.1, 0.15) is 0 Å². The van der Waals surface area contributed by atoms with Crippen LogP contribution >= 0.6 is 31.9 Å². The Morgan fingerprint density at radius 2 is 1.72 bits per heavy atom. The van der Waals surface area contributed by atoms with Gasteiger partial charge in [-0.25, -0.2) is 0 Å². The van der Waals surface area contributed by atoms with Crippen molar-refractivity contribution in [3.05, 3.63) is 35.9 Å². The monoisotopic (exact) mass is 376 g/mol. The largest absolute Gasteiger partial charge is 0.376 e. The van der Waals surface area contributed by atoms with E-state index in [9.17, 15) is 0 Å². The molecule has 0 N–H and O–H groups in total. The summed E-state index contributed by atoms with van der Waals surface area (Å²) in [5.41, 5.74) is 1.43. The van der Waals surface area contributed by atoms with E-state index in [0.29, 0.717) is 12.5 Å². The highest BCUT2D eigenvalue weighted by Gasteiger charge is 2.29. The van der Waals surface area contributed by atoms with Crippen LogP contribution in [0.2, 0.25) is 0 Å². The van der Waals surface area contributed by atoms with E-state index < -0.39 is 0 Å². The van der Waals surface area contributed by atoms with Crippen LogP contribution in [-0.2, 0) is 11.3 Å². The van der Waals surface area contributed by atoms with Crippen molar-refractivity contribution in [2.45, 2.75) is 26.9 Å². The third kappa shape index (κ3) is 5.41. The second-order valence-electron chi connectivity index (χ2n) is 5.34. The van der Waals surface area contributed by atoms with Crippen LogP contribution in [0.3, 0.4) is 0 Å². The molecule has 0 aliphatic rings. The molecule has 0 saturated heterocycles. The lowest BCUT2D eigenvalue weighted by Crippen LogP contribution is -2.32. The SMILES string of the molecule is CC(C)CC(CBr)(CBr)COCc1ccccc1. The average molecular weight is 378 g/mol. The predicted molar refractivity (Wildman–Crippen MR) is 85.6 cm³/mol. The Morgan fingerprint density at radius 1 is 1.11 bits per heavy atom. The lowest BCUT2D eigenvalue weighted by Gasteiger charge is -2.31. The van der Waals surface area contributed by atoms with Crippen molar-refractivity contribution in [2.75, 3.05) is 17.3 Å². The Balaban J connectivity index is 2.47. The normalized spacial score (nSPS) is 12.1. The number of halogens is 2. The van der Waals surface area contributed by atoms with Crippen molar-refractivity contribution in [1.29, 1.82) is 0 Å². The van der Waals surface area contributed by atoms with E-state index in [2.05, 4.69) is 70.0 Å². The van der Waals surface area contributed by atoms with Crippen LogP contribution in [0.4, 0.5) is 0 Å². The van der Waals surface area contributed by atoms with Gasteiger partial charge >= 0.3 is 0 Å². The van der Waals surface area contributed by atoms with Crippen LogP contribution in [0.15, 0.2) is 30.3 Å². The first-order chi connectivity index (χ1) is 8.62. The van der Waals surface area contributed by atoms with Crippen molar-refractivity contribution >= 4 is 31.9 Å². The van der Waals surface area contributed by atoms with Gasteiger partial charge in [-0.1, -0.05) is 76.0 Å². The molecule has 0 fully saturated rings. The van der Waals surface area contributed by atoms with E-state index >= 15 is 0 Å². The van der Waals surface area contributed by atoms with Gasteiger partial charge in [-0.05, 0) is 17.9 Å². The van der Waals surface area contributed by atoms with Gasteiger partial charge in [0.25, 0.3) is 0 Å². The maximum atomic E-state index is 5.91. The highest BCUT2D eigenvalue weighted by atomic mass is 79.9. The van der Waals surface area contributed by atoms with Crippen LogP contribution < -0.4 is 0 Å². The molecular weight excluding hydrogens is 356 g/mol. The highest BCUT2D eigenvalue weighted by molar-refractivity contribution is 9.09. The van der Waals surface area contributed by atoms with Crippen molar-refractivity contribution in [3.63, 3.8) is 0 Å². The minimum Gasteiger partial charge on any atom is -0.376 e. The number of benzene rings is 1. The quantitative estimate of drug-likeness (QED) is 0.577. The molecule has 0 amide bonds. The highest BCUT2D eigenvalue weighted by Crippen LogP contribution is 2.31. The van der Waals surface area contributed by atoms with Gasteiger partial charge in [0.15, 0.2) is 0 Å². The number of rotatable bonds is 8. The molecule has 0 heterocycles. The second kappa shape index (κ2) is 8.34. The smallest absolute Gasteiger partial charge is 0.0717 e. The first kappa shape index (κ1) is 16.2. The summed E-state index contributed by atoms with van der Waals surface area (Å²) in [6.07, 6.45) is 1.16. The zero-order valence-corrected chi connectivity index (χ0v) is 14.3. The number of alkyl halides is 2. The summed E-state index contributed by atoms with van der Waals surface area (Å²) in [6.45, 7) is 6.01. The molecule has 1 aromatic rings. The topological polar surface area (TPSA) is 9.23 Å². The van der Waals surface area contributed by atoms with Crippen molar-refractivity contribution in [2.24, 2.45) is 11.3 Å². The van der Waals surface area contributed by atoms with Crippen LogP contribution in [0.5, 0.6) is 0 Å². The van der Waals surface area contributed by atoms with Gasteiger partial charge in [0.05, 0.1) is 13.2 Å². The Hall–Kier alpha value is 0.140. The summed E-state index contributed by atoms with van der Waals surface area (Å²) in [5, 5.41) is 1.94. The van der Waals surface area contributed by atoms with Gasteiger partial charge in [-0.2, -0.15) is 0 Å². The Bertz CT molecular complexity index is 321. The summed E-state index contributed by atoms with van der Waals surface area (Å²) in [7, 11) is 0. The van der Waals surface area contributed by atoms with E-state index in [1.165, 1.54) is 5.56 Å². The summed E-state index contributed by atoms with van der Waals surface area (Å²) in [4.78, 5) is 0. The molecular formula is C15H22Br2O. The van der Waals surface area contributed by atoms with Gasteiger partial charge in [-0.3, -0.25) is 0 Å². The van der Waals surface area contributed by atoms with Gasteiger partial charge in [0, 0.05) is 16.1 Å². The third-order valence-electron chi connectivity index (χ3n) is 2.93. The van der Waals surface area contributed by atoms with Crippen LogP contribution in [-0.4, -0.2) is 17.3 Å². The van der Waals surface area contributed by atoms with Crippen molar-refractivity contribution < 1.29 is 4.74 Å². The molecule has 1 nitrogen and oxygen atoms in total. The van der Waals surface area contributed by atoms with Gasteiger partial charge < -0.3 is 4.74 Å². The minimum absolute atomic E-state index is 0.197. The maximum Gasteiger partial charge on any atom is 0.0717 e. The minimum atomic E-state index is 0.197. The molecule has 102 valence electrons. The molecule has 0 spiro atoms. The fourth-order valence-electron chi connectivity index (χ4n) is 2.11. The van der Waals surface area contributed by atoms with Crippen LogP contribution in [0.25, 0.3) is 0 Å². The van der Waals surface area contributed by atoms with Crippen LogP contribution in [0.1, 0.15) is 25.8 Å². The fraction of sp³-hybridized carbons (Fsp3) is 0.600. The maximum absolute atomic E-state index is 5.91. The summed E-state index contributed by atoms with van der Waals surface area (Å²) >= 11 is 7.28. The molecule has 0 saturated carbocycles. The van der Waals surface area contributed by atoms with E-state index in [-0.39, 0.29) is 5.41 Å². The Labute approximate surface area is 128 Å². The fourth-order valence-corrected chi connectivity index (χ4v) is 3.82. The van der Waals surface area contributed by atoms with Crippen molar-refractivity contribution in [3.8, 4) is 0 Å². The molecule has 0 radical (unpaired) electrons.